The number of hydrogen-bond acceptors (Lipinski definition) is 6. The van der Waals surface area contributed by atoms with E-state index in [0.717, 1.165) is 50.1 Å². The number of esters is 1. The lowest BCUT2D eigenvalue weighted by atomic mass is 9.76. The van der Waals surface area contributed by atoms with Crippen molar-refractivity contribution in [3.63, 3.8) is 0 Å². The number of fused-ring (bicyclic) bond motifs is 2. The predicted octanol–water partition coefficient (Wildman–Crippen LogP) is 12.5. The van der Waals surface area contributed by atoms with Crippen molar-refractivity contribution in [3.8, 4) is 0 Å². The summed E-state index contributed by atoms with van der Waals surface area (Å²) >= 11 is 1.85. The molecule has 2 aliphatic rings. The van der Waals surface area contributed by atoms with Crippen molar-refractivity contribution in [3.05, 3.63) is 234 Å². The van der Waals surface area contributed by atoms with Gasteiger partial charge in [-0.1, -0.05) is 158 Å². The lowest BCUT2D eigenvalue weighted by Gasteiger charge is -2.44. The molecule has 2 saturated heterocycles. The number of carbonyl (C=O) groups excluding carboxylic acids is 2. The highest BCUT2D eigenvalue weighted by Crippen LogP contribution is 2.68. The van der Waals surface area contributed by atoms with Crippen LogP contribution in [0.4, 0.5) is 4.39 Å². The highest BCUT2D eigenvalue weighted by Gasteiger charge is 2.51. The third kappa shape index (κ3) is 10.7. The van der Waals surface area contributed by atoms with Crippen LogP contribution in [0.5, 0.6) is 0 Å². The van der Waals surface area contributed by atoms with Crippen LogP contribution in [0.15, 0.2) is 221 Å². The number of nitrogens with zero attached hydrogens (tertiary/aromatic N) is 2. The van der Waals surface area contributed by atoms with Crippen LogP contribution in [0, 0.1) is 11.7 Å². The van der Waals surface area contributed by atoms with Gasteiger partial charge in [-0.2, -0.15) is 10.0 Å². The topological polar surface area (TPSA) is 61.9 Å². The molecule has 1 N–H and O–H groups in total. The molecule has 0 saturated carbocycles. The van der Waals surface area contributed by atoms with Crippen molar-refractivity contribution in [2.75, 3.05) is 51.3 Å². The summed E-state index contributed by atoms with van der Waals surface area (Å²) < 4.78 is 19.0. The normalized spacial score (nSPS) is 18.3. The van der Waals surface area contributed by atoms with Gasteiger partial charge in [-0.05, 0) is 124 Å². The molecule has 360 valence electrons. The predicted molar refractivity (Wildman–Crippen MR) is 285 cm³/mol. The number of nitrogens with one attached hydrogen (secondary N) is 1. The van der Waals surface area contributed by atoms with Crippen molar-refractivity contribution in [2.45, 2.75) is 63.1 Å². The number of rotatable bonds is 21. The molecule has 0 radical (unpaired) electrons. The standard InChI is InChI=1S/C61H64FN3O3S2/c1-68-60(67)59-56(47-33-35-51(62)36-34-47)45-52-37-38-57(59)65(52)41-20-40-64(42-44-70(53-27-14-5-15-28-53,54-29-16-6-17-30-54)55-31-18-7-19-32-55)46-58(66)63-39-43-69-61(48-21-8-2-9-22-48,49-23-10-3-11-24-49)50-25-12-4-13-26-50/h2-19,21-36,52,56-57,59H,20,37-46H2,1H3,(H,63,66)/t52?,56-,57?,59-/m0/s1. The number of halogens is 1. The van der Waals surface area contributed by atoms with Crippen LogP contribution in [0.25, 0.3) is 0 Å². The average molecular weight is 970 g/mol. The van der Waals surface area contributed by atoms with Crippen molar-refractivity contribution in [1.29, 1.82) is 0 Å². The van der Waals surface area contributed by atoms with E-state index < -0.39 is 14.8 Å². The second kappa shape index (κ2) is 23.3. The van der Waals surface area contributed by atoms with E-state index in [9.17, 15) is 14.0 Å². The Balaban J connectivity index is 0.958. The van der Waals surface area contributed by atoms with Crippen molar-refractivity contribution in [2.24, 2.45) is 5.92 Å². The second-order valence-corrected chi connectivity index (χ2v) is 23.1. The lowest BCUT2D eigenvalue weighted by molar-refractivity contribution is -0.150. The molecule has 2 aliphatic heterocycles. The number of methoxy groups -OCH3 is 1. The fourth-order valence-electron chi connectivity index (χ4n) is 11.3. The molecule has 70 heavy (non-hydrogen) atoms. The number of thioether (sulfide) groups is 1. The molecule has 7 aromatic carbocycles. The van der Waals surface area contributed by atoms with Gasteiger partial charge in [0.25, 0.3) is 0 Å². The molecule has 0 aromatic heterocycles. The van der Waals surface area contributed by atoms with Crippen molar-refractivity contribution >= 4 is 33.7 Å². The maximum atomic E-state index is 14.4. The second-order valence-electron chi connectivity index (χ2n) is 18.5. The van der Waals surface area contributed by atoms with Gasteiger partial charge in [-0.25, -0.2) is 4.39 Å². The van der Waals surface area contributed by atoms with E-state index in [1.54, 1.807) is 0 Å². The largest absolute Gasteiger partial charge is 0.469 e. The van der Waals surface area contributed by atoms with Gasteiger partial charge in [-0.15, -0.1) is 11.8 Å². The molecule has 0 spiro atoms. The third-order valence-corrected chi connectivity index (χ3v) is 20.1. The zero-order valence-corrected chi connectivity index (χ0v) is 41.7. The van der Waals surface area contributed by atoms with Gasteiger partial charge in [0.05, 0.1) is 24.3 Å². The lowest BCUT2D eigenvalue weighted by Crippen LogP contribution is -2.51. The van der Waals surface area contributed by atoms with Crippen LogP contribution >= 0.6 is 21.8 Å². The van der Waals surface area contributed by atoms with Gasteiger partial charge in [0, 0.05) is 42.6 Å². The molecule has 9 rings (SSSR count). The molecule has 7 aromatic rings. The Morgan fingerprint density at radius 1 is 0.671 bits per heavy atom. The summed E-state index contributed by atoms with van der Waals surface area (Å²) in [5.74, 6) is 0.718. The number of ether oxygens (including phenoxy) is 1. The number of piperidine rings is 1. The van der Waals surface area contributed by atoms with Gasteiger partial charge < -0.3 is 10.1 Å². The summed E-state index contributed by atoms with van der Waals surface area (Å²) in [5.41, 5.74) is 4.59. The SMILES string of the molecule is COC(=O)[C@@H]1C2CCC(C[C@H]1c1ccc(F)cc1)N2CCCN(CCS(c1ccccc1)(c1ccccc1)c1ccccc1)CC(=O)NCCSC(c1ccccc1)(c1ccccc1)c1ccccc1. The molecule has 6 nitrogen and oxygen atoms in total. The Labute approximate surface area is 420 Å². The van der Waals surface area contributed by atoms with Crippen LogP contribution in [0.3, 0.4) is 0 Å². The first-order valence-corrected chi connectivity index (χ1v) is 27.5. The molecule has 4 atom stereocenters. The van der Waals surface area contributed by atoms with Crippen LogP contribution in [0.1, 0.15) is 53.9 Å². The maximum absolute atomic E-state index is 14.4. The van der Waals surface area contributed by atoms with E-state index in [1.807, 2.05) is 23.9 Å². The summed E-state index contributed by atoms with van der Waals surface area (Å²) in [6.07, 6.45) is 3.59. The number of amides is 1. The van der Waals surface area contributed by atoms with Gasteiger partial charge in [0.2, 0.25) is 5.91 Å². The van der Waals surface area contributed by atoms with E-state index in [-0.39, 0.29) is 42.1 Å². The number of hydrogen-bond donors (Lipinski definition) is 1. The van der Waals surface area contributed by atoms with Crippen LogP contribution < -0.4 is 5.32 Å². The molecular weight excluding hydrogens is 906 g/mol. The Morgan fingerprint density at radius 3 is 1.64 bits per heavy atom. The van der Waals surface area contributed by atoms with Crippen LogP contribution in [0.2, 0.25) is 0 Å². The summed E-state index contributed by atoms with van der Waals surface area (Å²) in [6, 6.07) is 71.8. The highest BCUT2D eigenvalue weighted by molar-refractivity contribution is 8.33. The van der Waals surface area contributed by atoms with Gasteiger partial charge in [0.15, 0.2) is 0 Å². The van der Waals surface area contributed by atoms with Crippen LogP contribution in [-0.2, 0) is 19.1 Å². The van der Waals surface area contributed by atoms with Crippen LogP contribution in [-0.4, -0.2) is 85.1 Å². The van der Waals surface area contributed by atoms with E-state index in [2.05, 4.69) is 197 Å². The van der Waals surface area contributed by atoms with Crippen molar-refractivity contribution < 1.29 is 18.7 Å². The summed E-state index contributed by atoms with van der Waals surface area (Å²) in [4.78, 5) is 36.8. The average Bonchev–Trinajstić information content (AvgIpc) is 3.69. The first kappa shape index (κ1) is 49.0. The number of benzene rings is 7. The highest BCUT2D eigenvalue weighted by atomic mass is 32.3. The molecule has 1 amide bonds. The summed E-state index contributed by atoms with van der Waals surface area (Å²) in [5, 5.41) is 3.36. The quantitative estimate of drug-likeness (QED) is 0.0440. The van der Waals surface area contributed by atoms with E-state index in [0.29, 0.717) is 24.9 Å². The minimum atomic E-state index is -1.75. The molecule has 2 unspecified atom stereocenters. The first-order valence-electron chi connectivity index (χ1n) is 24.8. The van der Waals surface area contributed by atoms with Gasteiger partial charge in [-0.3, -0.25) is 19.4 Å². The zero-order valence-electron chi connectivity index (χ0n) is 40.0. The fourth-order valence-corrected chi connectivity index (χ4v) is 16.7. The van der Waals surface area contributed by atoms with Gasteiger partial charge in [0.1, 0.15) is 5.82 Å². The van der Waals surface area contributed by atoms with E-state index in [4.69, 9.17) is 4.74 Å². The Morgan fingerprint density at radius 2 is 1.16 bits per heavy atom. The molecule has 2 heterocycles. The minimum Gasteiger partial charge on any atom is -0.469 e. The smallest absolute Gasteiger partial charge is 0.310 e. The molecule has 9 heteroatoms. The minimum absolute atomic E-state index is 0.0102. The maximum Gasteiger partial charge on any atom is 0.310 e. The first-order chi connectivity index (χ1) is 34.4. The molecule has 2 bridgehead atoms. The molecule has 2 fully saturated rings. The van der Waals surface area contributed by atoms with Gasteiger partial charge >= 0.3 is 5.97 Å². The fraction of sp³-hybridized carbons (Fsp3) is 0.279. The molecule has 0 aliphatic carbocycles. The van der Waals surface area contributed by atoms with Crippen molar-refractivity contribution in [1.82, 2.24) is 15.1 Å². The Kier molecular flexibility index (Phi) is 16.3. The Hall–Kier alpha value is -5.97. The Bertz CT molecular complexity index is 2530. The number of carbonyl (C=O) groups is 2. The zero-order chi connectivity index (χ0) is 48.2. The third-order valence-electron chi connectivity index (χ3n) is 14.5. The summed E-state index contributed by atoms with van der Waals surface area (Å²) in [7, 11) is -0.272. The summed E-state index contributed by atoms with van der Waals surface area (Å²) in [6.45, 7) is 3.02. The van der Waals surface area contributed by atoms with E-state index in [1.165, 1.54) is 50.6 Å². The monoisotopic (exact) mass is 969 g/mol. The molecular formula is C61H64FN3O3S2. The van der Waals surface area contributed by atoms with E-state index >= 15 is 0 Å².